The number of halogens is 3. The summed E-state index contributed by atoms with van der Waals surface area (Å²) in [6, 6.07) is 11.2. The van der Waals surface area contributed by atoms with Gasteiger partial charge in [0.1, 0.15) is 6.61 Å². The van der Waals surface area contributed by atoms with Crippen molar-refractivity contribution in [3.63, 3.8) is 0 Å². The number of hydrogen-bond acceptors (Lipinski definition) is 6. The third kappa shape index (κ3) is 5.09. The maximum atomic E-state index is 12.8. The van der Waals surface area contributed by atoms with E-state index in [4.69, 9.17) is 10.0 Å². The lowest BCUT2D eigenvalue weighted by atomic mass is 10.0. The summed E-state index contributed by atoms with van der Waals surface area (Å²) in [5.74, 6) is -0.835. The van der Waals surface area contributed by atoms with E-state index in [-0.39, 0.29) is 29.2 Å². The molecule has 0 aliphatic rings. The molecule has 0 saturated heterocycles. The maximum absolute atomic E-state index is 12.8. The summed E-state index contributed by atoms with van der Waals surface area (Å²) < 4.78 is 43.0. The number of ether oxygens (including phenoxy) is 1. The molecule has 148 valence electrons. The highest BCUT2D eigenvalue weighted by molar-refractivity contribution is 6.43. The van der Waals surface area contributed by atoms with Gasteiger partial charge in [0.05, 0.1) is 18.4 Å². The predicted molar refractivity (Wildman–Crippen MR) is 95.2 cm³/mol. The molecule has 0 radical (unpaired) electrons. The molecule has 28 heavy (non-hydrogen) atoms. The van der Waals surface area contributed by atoms with Gasteiger partial charge < -0.3 is 14.8 Å². The summed E-state index contributed by atoms with van der Waals surface area (Å²) in [6.45, 7) is 1.40. The lowest BCUT2D eigenvalue weighted by molar-refractivity contribution is -0.137. The molecule has 0 fully saturated rings. The van der Waals surface area contributed by atoms with Crippen LogP contribution in [0, 0.1) is 0 Å². The van der Waals surface area contributed by atoms with E-state index in [1.165, 1.54) is 25.1 Å². The minimum absolute atomic E-state index is 0.109. The van der Waals surface area contributed by atoms with Crippen molar-refractivity contribution in [3.8, 4) is 0 Å². The molecule has 2 aromatic carbocycles. The van der Waals surface area contributed by atoms with Gasteiger partial charge in [0.25, 0.3) is 0 Å². The molecule has 6 nitrogen and oxygen atoms in total. The number of rotatable bonds is 6. The molecule has 0 atom stereocenters. The third-order valence-electron chi connectivity index (χ3n) is 3.78. The van der Waals surface area contributed by atoms with Crippen LogP contribution in [0.1, 0.15) is 29.2 Å². The van der Waals surface area contributed by atoms with E-state index in [1.54, 1.807) is 18.2 Å². The molecule has 0 saturated carbocycles. The summed E-state index contributed by atoms with van der Waals surface area (Å²) >= 11 is 0. The Morgan fingerprint density at radius 1 is 1.14 bits per heavy atom. The van der Waals surface area contributed by atoms with Crippen molar-refractivity contribution in [1.82, 2.24) is 0 Å². The third-order valence-corrected chi connectivity index (χ3v) is 3.78. The number of benzene rings is 2. The molecule has 1 N–H and O–H groups in total. The summed E-state index contributed by atoms with van der Waals surface area (Å²) in [6.07, 6.45) is -4.45. The first-order valence-electron chi connectivity index (χ1n) is 8.00. The maximum Gasteiger partial charge on any atom is 0.416 e. The molecule has 0 unspecified atom stereocenters. The molecule has 0 bridgehead atoms. The second-order valence-corrected chi connectivity index (χ2v) is 5.63. The fourth-order valence-electron chi connectivity index (χ4n) is 2.35. The molecule has 2 aromatic rings. The summed E-state index contributed by atoms with van der Waals surface area (Å²) in [5.41, 5.74) is 0.167. The molecule has 0 aliphatic carbocycles. The summed E-state index contributed by atoms with van der Waals surface area (Å²) in [5, 5.41) is 15.9. The summed E-state index contributed by atoms with van der Waals surface area (Å²) in [4.78, 5) is 16.9. The van der Waals surface area contributed by atoms with Gasteiger partial charge in [0, 0.05) is 11.1 Å². The van der Waals surface area contributed by atoms with Gasteiger partial charge in [0.15, 0.2) is 5.71 Å². The smallest absolute Gasteiger partial charge is 0.416 e. The van der Waals surface area contributed by atoms with Gasteiger partial charge in [0.2, 0.25) is 0 Å². The number of methoxy groups -OCH3 is 1. The number of nitrogens with zero attached hydrogens (tertiary/aromatic N) is 2. The number of hydrogen-bond donors (Lipinski definition) is 1. The standard InChI is InChI=1S/C19H17F3N2O4/c1-12(13-7-5-8-15(10-13)19(20,21)22)24-28-11-14-6-3-4-9-16(14)17(23-26)18(25)27-2/h3-10,26H,11H2,1-2H3/b23-17-,24-12+. The second kappa shape index (κ2) is 9.03. The van der Waals surface area contributed by atoms with E-state index in [1.807, 2.05) is 0 Å². The van der Waals surface area contributed by atoms with Gasteiger partial charge in [-0.2, -0.15) is 13.2 Å². The number of oxime groups is 2. The zero-order valence-corrected chi connectivity index (χ0v) is 15.0. The van der Waals surface area contributed by atoms with Crippen molar-refractivity contribution in [3.05, 3.63) is 70.8 Å². The van der Waals surface area contributed by atoms with Crippen LogP contribution in [0.25, 0.3) is 0 Å². The normalized spacial score (nSPS) is 12.6. The van der Waals surface area contributed by atoms with Crippen molar-refractivity contribution in [2.24, 2.45) is 10.3 Å². The predicted octanol–water partition coefficient (Wildman–Crippen LogP) is 4.00. The second-order valence-electron chi connectivity index (χ2n) is 5.63. The highest BCUT2D eigenvalue weighted by atomic mass is 19.4. The molecule has 0 aromatic heterocycles. The molecule has 9 heteroatoms. The monoisotopic (exact) mass is 394 g/mol. The highest BCUT2D eigenvalue weighted by Gasteiger charge is 2.30. The van der Waals surface area contributed by atoms with Gasteiger partial charge in [-0.1, -0.05) is 46.7 Å². The van der Waals surface area contributed by atoms with E-state index in [0.29, 0.717) is 5.56 Å². The average molecular weight is 394 g/mol. The van der Waals surface area contributed by atoms with Crippen LogP contribution in [-0.4, -0.2) is 29.7 Å². The Labute approximate surface area is 158 Å². The lowest BCUT2D eigenvalue weighted by Crippen LogP contribution is -2.19. The molecule has 2 rings (SSSR count). The van der Waals surface area contributed by atoms with Gasteiger partial charge in [-0.05, 0) is 24.6 Å². The van der Waals surface area contributed by atoms with Crippen LogP contribution in [0.5, 0.6) is 0 Å². The Hall–Kier alpha value is -3.36. The molecular weight excluding hydrogens is 377 g/mol. The van der Waals surface area contributed by atoms with Gasteiger partial charge in [-0.25, -0.2) is 4.79 Å². The van der Waals surface area contributed by atoms with Crippen LogP contribution in [-0.2, 0) is 27.2 Å². The molecule has 0 aliphatic heterocycles. The van der Waals surface area contributed by atoms with E-state index < -0.39 is 17.7 Å². The van der Waals surface area contributed by atoms with Crippen molar-refractivity contribution < 1.29 is 32.7 Å². The van der Waals surface area contributed by atoms with Gasteiger partial charge >= 0.3 is 12.1 Å². The first-order chi connectivity index (χ1) is 13.3. The van der Waals surface area contributed by atoms with Gasteiger partial charge in [-0.3, -0.25) is 0 Å². The minimum Gasteiger partial charge on any atom is -0.464 e. The first kappa shape index (κ1) is 20.9. The Morgan fingerprint density at radius 2 is 1.86 bits per heavy atom. The molecular formula is C19H17F3N2O4. The number of esters is 1. The topological polar surface area (TPSA) is 80.5 Å². The van der Waals surface area contributed by atoms with Crippen molar-refractivity contribution in [1.29, 1.82) is 0 Å². The number of alkyl halides is 3. The van der Waals surface area contributed by atoms with Crippen molar-refractivity contribution in [2.45, 2.75) is 19.7 Å². The SMILES string of the molecule is COC(=O)/C(=N\O)c1ccccc1CO/N=C(\C)c1cccc(C(F)(F)F)c1. The fourth-order valence-corrected chi connectivity index (χ4v) is 2.35. The van der Waals surface area contributed by atoms with Gasteiger partial charge in [-0.15, -0.1) is 0 Å². The van der Waals surface area contributed by atoms with E-state index in [2.05, 4.69) is 15.0 Å². The molecule has 0 spiro atoms. The Bertz CT molecular complexity index is 908. The fraction of sp³-hybridized carbons (Fsp3) is 0.211. The Balaban J connectivity index is 2.18. The van der Waals surface area contributed by atoms with Crippen LogP contribution in [0.4, 0.5) is 13.2 Å². The van der Waals surface area contributed by atoms with Crippen molar-refractivity contribution in [2.75, 3.05) is 7.11 Å². The van der Waals surface area contributed by atoms with Crippen LogP contribution in [0.2, 0.25) is 0 Å². The number of carbonyl (C=O) groups is 1. The molecule has 0 amide bonds. The van der Waals surface area contributed by atoms with E-state index in [0.717, 1.165) is 19.2 Å². The summed E-state index contributed by atoms with van der Waals surface area (Å²) in [7, 11) is 1.15. The van der Waals surface area contributed by atoms with Crippen LogP contribution < -0.4 is 0 Å². The zero-order chi connectivity index (χ0) is 20.7. The van der Waals surface area contributed by atoms with Crippen LogP contribution in [0.3, 0.4) is 0 Å². The molecule has 0 heterocycles. The zero-order valence-electron chi connectivity index (χ0n) is 15.0. The lowest BCUT2D eigenvalue weighted by Gasteiger charge is -2.10. The van der Waals surface area contributed by atoms with Crippen molar-refractivity contribution >= 4 is 17.4 Å². The van der Waals surface area contributed by atoms with E-state index >= 15 is 0 Å². The number of carbonyl (C=O) groups excluding carboxylic acids is 1. The van der Waals surface area contributed by atoms with E-state index in [9.17, 15) is 18.0 Å². The Morgan fingerprint density at radius 3 is 2.50 bits per heavy atom. The minimum atomic E-state index is -4.45. The Kier molecular flexibility index (Phi) is 6.75. The van der Waals surface area contributed by atoms with Crippen LogP contribution in [0.15, 0.2) is 58.8 Å². The quantitative estimate of drug-likeness (QED) is 0.348. The highest BCUT2D eigenvalue weighted by Crippen LogP contribution is 2.29. The average Bonchev–Trinajstić information content (AvgIpc) is 2.68. The largest absolute Gasteiger partial charge is 0.464 e. The van der Waals surface area contributed by atoms with Crippen LogP contribution >= 0.6 is 0 Å². The first-order valence-corrected chi connectivity index (χ1v) is 8.00.